The van der Waals surface area contributed by atoms with Gasteiger partial charge in [-0.3, -0.25) is 4.79 Å². The molecule has 1 unspecified atom stereocenters. The molecule has 0 radical (unpaired) electrons. The minimum atomic E-state index is -0.372. The van der Waals surface area contributed by atoms with Crippen molar-refractivity contribution in [1.82, 2.24) is 0 Å². The first kappa shape index (κ1) is 15.4. The lowest BCUT2D eigenvalue weighted by Gasteiger charge is -2.13. The van der Waals surface area contributed by atoms with Gasteiger partial charge in [0.05, 0.1) is 14.2 Å². The number of benzene rings is 1. The number of methoxy groups -OCH3 is 2. The lowest BCUT2D eigenvalue weighted by molar-refractivity contribution is -0.140. The van der Waals surface area contributed by atoms with E-state index >= 15 is 0 Å². The van der Waals surface area contributed by atoms with Crippen LogP contribution in [0.15, 0.2) is 18.2 Å². The van der Waals surface area contributed by atoms with E-state index in [-0.39, 0.29) is 17.8 Å². The number of hydrogen-bond donors (Lipinski definition) is 1. The Hall–Kier alpha value is -1.62. The van der Waals surface area contributed by atoms with E-state index in [2.05, 4.69) is 4.74 Å². The number of unbranched alkanes of at least 4 members (excludes halogenated alkanes) is 1. The number of carbonyl (C=O) groups is 1. The molecule has 106 valence electrons. The Balaban J connectivity index is 2.45. The van der Waals surface area contributed by atoms with Crippen LogP contribution in [-0.2, 0) is 9.53 Å². The molecule has 0 spiro atoms. The standard InChI is InChI=1S/C14H20FNO3/c1-18-10-7-8-11(12(15)9-10)13(16)5-3-4-6-14(17)19-2/h7-9,13H,3-6,16H2,1-2H3. The highest BCUT2D eigenvalue weighted by Gasteiger charge is 2.12. The molecule has 4 nitrogen and oxygen atoms in total. The maximum atomic E-state index is 13.7. The van der Waals surface area contributed by atoms with Gasteiger partial charge in [0.2, 0.25) is 0 Å². The molecule has 1 aromatic rings. The Labute approximate surface area is 112 Å². The first-order valence-electron chi connectivity index (χ1n) is 6.24. The first-order valence-corrected chi connectivity index (χ1v) is 6.24. The molecule has 0 bridgehead atoms. The lowest BCUT2D eigenvalue weighted by Crippen LogP contribution is -2.12. The molecule has 1 aromatic carbocycles. The molecule has 0 aliphatic heterocycles. The summed E-state index contributed by atoms with van der Waals surface area (Å²) in [6.45, 7) is 0. The van der Waals surface area contributed by atoms with Crippen LogP contribution in [0.5, 0.6) is 5.75 Å². The van der Waals surface area contributed by atoms with E-state index in [1.54, 1.807) is 12.1 Å². The highest BCUT2D eigenvalue weighted by Crippen LogP contribution is 2.23. The van der Waals surface area contributed by atoms with Crippen LogP contribution >= 0.6 is 0 Å². The van der Waals surface area contributed by atoms with Crippen LogP contribution in [0.3, 0.4) is 0 Å². The van der Waals surface area contributed by atoms with E-state index in [9.17, 15) is 9.18 Å². The summed E-state index contributed by atoms with van der Waals surface area (Å²) < 4.78 is 23.2. The predicted molar refractivity (Wildman–Crippen MR) is 70.4 cm³/mol. The fourth-order valence-electron chi connectivity index (χ4n) is 1.83. The third-order valence-electron chi connectivity index (χ3n) is 2.98. The SMILES string of the molecule is COC(=O)CCCCC(N)c1ccc(OC)cc1F. The molecule has 0 saturated heterocycles. The topological polar surface area (TPSA) is 61.5 Å². The van der Waals surface area contributed by atoms with E-state index in [1.165, 1.54) is 20.3 Å². The number of esters is 1. The highest BCUT2D eigenvalue weighted by atomic mass is 19.1. The Morgan fingerprint density at radius 2 is 2.11 bits per heavy atom. The quantitative estimate of drug-likeness (QED) is 0.610. The van der Waals surface area contributed by atoms with Crippen LogP contribution in [0, 0.1) is 5.82 Å². The van der Waals surface area contributed by atoms with Crippen molar-refractivity contribution in [2.75, 3.05) is 14.2 Å². The summed E-state index contributed by atoms with van der Waals surface area (Å²) in [5, 5.41) is 0. The summed E-state index contributed by atoms with van der Waals surface area (Å²) in [5.41, 5.74) is 6.41. The van der Waals surface area contributed by atoms with Gasteiger partial charge in [0.1, 0.15) is 11.6 Å². The molecule has 2 N–H and O–H groups in total. The first-order chi connectivity index (χ1) is 9.08. The zero-order valence-corrected chi connectivity index (χ0v) is 11.3. The molecule has 0 aliphatic rings. The van der Waals surface area contributed by atoms with Crippen LogP contribution in [-0.4, -0.2) is 20.2 Å². The lowest BCUT2D eigenvalue weighted by atomic mass is 10.0. The fraction of sp³-hybridized carbons (Fsp3) is 0.500. The zero-order valence-electron chi connectivity index (χ0n) is 11.3. The van der Waals surface area contributed by atoms with Crippen LogP contribution in [0.4, 0.5) is 4.39 Å². The van der Waals surface area contributed by atoms with Gasteiger partial charge in [-0.2, -0.15) is 0 Å². The Morgan fingerprint density at radius 3 is 2.68 bits per heavy atom. The largest absolute Gasteiger partial charge is 0.497 e. The smallest absolute Gasteiger partial charge is 0.305 e. The molecule has 1 rings (SSSR count). The van der Waals surface area contributed by atoms with Crippen LogP contribution in [0.25, 0.3) is 0 Å². The van der Waals surface area contributed by atoms with E-state index in [0.717, 1.165) is 6.42 Å². The van der Waals surface area contributed by atoms with Crippen molar-refractivity contribution in [2.45, 2.75) is 31.7 Å². The van der Waals surface area contributed by atoms with E-state index in [1.807, 2.05) is 0 Å². The fourth-order valence-corrected chi connectivity index (χ4v) is 1.83. The number of halogens is 1. The summed E-state index contributed by atoms with van der Waals surface area (Å²) in [5.74, 6) is -0.122. The van der Waals surface area contributed by atoms with Crippen molar-refractivity contribution < 1.29 is 18.7 Å². The summed E-state index contributed by atoms with van der Waals surface area (Å²) >= 11 is 0. The normalized spacial score (nSPS) is 12.0. The third-order valence-corrected chi connectivity index (χ3v) is 2.98. The minimum Gasteiger partial charge on any atom is -0.497 e. The Kier molecular flexibility index (Phi) is 6.29. The van der Waals surface area contributed by atoms with Crippen molar-refractivity contribution in [3.05, 3.63) is 29.6 Å². The van der Waals surface area contributed by atoms with Crippen molar-refractivity contribution in [3.63, 3.8) is 0 Å². The van der Waals surface area contributed by atoms with Gasteiger partial charge in [-0.25, -0.2) is 4.39 Å². The van der Waals surface area contributed by atoms with Crippen molar-refractivity contribution in [1.29, 1.82) is 0 Å². The summed E-state index contributed by atoms with van der Waals surface area (Å²) in [6.07, 6.45) is 2.44. The molecule has 0 aromatic heterocycles. The van der Waals surface area contributed by atoms with Gasteiger partial charge >= 0.3 is 5.97 Å². The van der Waals surface area contributed by atoms with E-state index in [4.69, 9.17) is 10.5 Å². The minimum absolute atomic E-state index is 0.232. The monoisotopic (exact) mass is 269 g/mol. The third kappa shape index (κ3) is 4.87. The molecule has 0 amide bonds. The molecule has 5 heteroatoms. The molecular weight excluding hydrogens is 249 g/mol. The average molecular weight is 269 g/mol. The van der Waals surface area contributed by atoms with E-state index in [0.29, 0.717) is 30.6 Å². The van der Waals surface area contributed by atoms with Crippen molar-refractivity contribution in [3.8, 4) is 5.75 Å². The predicted octanol–water partition coefficient (Wildman–Crippen LogP) is 2.57. The maximum Gasteiger partial charge on any atom is 0.305 e. The molecule has 0 heterocycles. The van der Waals surface area contributed by atoms with Gasteiger partial charge in [-0.05, 0) is 18.9 Å². The molecule has 0 aliphatic carbocycles. The van der Waals surface area contributed by atoms with Crippen LogP contribution in [0.2, 0.25) is 0 Å². The molecular formula is C14H20FNO3. The second kappa shape index (κ2) is 7.74. The van der Waals surface area contributed by atoms with Gasteiger partial charge in [0, 0.05) is 24.1 Å². The molecule has 19 heavy (non-hydrogen) atoms. The van der Waals surface area contributed by atoms with Crippen LogP contribution in [0.1, 0.15) is 37.3 Å². The second-order valence-corrected chi connectivity index (χ2v) is 4.32. The number of rotatable bonds is 7. The molecule has 0 fully saturated rings. The van der Waals surface area contributed by atoms with Crippen LogP contribution < -0.4 is 10.5 Å². The van der Waals surface area contributed by atoms with Crippen molar-refractivity contribution >= 4 is 5.97 Å². The number of carbonyl (C=O) groups excluding carboxylic acids is 1. The number of hydrogen-bond acceptors (Lipinski definition) is 4. The van der Waals surface area contributed by atoms with Gasteiger partial charge in [-0.15, -0.1) is 0 Å². The summed E-state index contributed by atoms with van der Waals surface area (Å²) in [6, 6.07) is 4.28. The molecule has 1 atom stereocenters. The van der Waals surface area contributed by atoms with Gasteiger partial charge in [0.15, 0.2) is 0 Å². The van der Waals surface area contributed by atoms with Gasteiger partial charge in [-0.1, -0.05) is 12.5 Å². The average Bonchev–Trinajstić information content (AvgIpc) is 2.42. The second-order valence-electron chi connectivity index (χ2n) is 4.32. The van der Waals surface area contributed by atoms with Crippen molar-refractivity contribution in [2.24, 2.45) is 5.73 Å². The summed E-state index contributed by atoms with van der Waals surface area (Å²) in [7, 11) is 2.85. The number of nitrogens with two attached hydrogens (primary N) is 1. The maximum absolute atomic E-state index is 13.7. The van der Waals surface area contributed by atoms with Gasteiger partial charge in [0.25, 0.3) is 0 Å². The van der Waals surface area contributed by atoms with E-state index < -0.39 is 0 Å². The summed E-state index contributed by atoms with van der Waals surface area (Å²) in [4.78, 5) is 10.9. The zero-order chi connectivity index (χ0) is 14.3. The Morgan fingerprint density at radius 1 is 1.37 bits per heavy atom. The van der Waals surface area contributed by atoms with Gasteiger partial charge < -0.3 is 15.2 Å². The Bertz CT molecular complexity index is 423. The highest BCUT2D eigenvalue weighted by molar-refractivity contribution is 5.68. The number of ether oxygens (including phenoxy) is 2. The molecule has 0 saturated carbocycles.